The van der Waals surface area contributed by atoms with Crippen LogP contribution in [0.25, 0.3) is 0 Å². The maximum absolute atomic E-state index is 12.3. The molecule has 1 fully saturated rings. The van der Waals surface area contributed by atoms with Crippen molar-refractivity contribution in [3.8, 4) is 5.75 Å². The minimum Gasteiger partial charge on any atom is -0.490 e. The smallest absolute Gasteiger partial charge is 0.312 e. The topological polar surface area (TPSA) is 111 Å². The molecule has 0 bridgehead atoms. The number of ether oxygens (including phenoxy) is 1. The van der Waals surface area contributed by atoms with E-state index in [9.17, 15) is 18.5 Å². The second kappa shape index (κ2) is 6.27. The van der Waals surface area contributed by atoms with Gasteiger partial charge >= 0.3 is 5.69 Å². The first-order valence-corrected chi connectivity index (χ1v) is 8.03. The van der Waals surface area contributed by atoms with Crippen LogP contribution in [0.3, 0.4) is 0 Å². The summed E-state index contributed by atoms with van der Waals surface area (Å²) in [6.07, 6.45) is 1.04. The number of benzene rings is 1. The lowest BCUT2D eigenvalue weighted by molar-refractivity contribution is -0.385. The van der Waals surface area contributed by atoms with Gasteiger partial charge in [-0.2, -0.15) is 0 Å². The van der Waals surface area contributed by atoms with Crippen molar-refractivity contribution in [1.82, 2.24) is 5.32 Å². The summed E-state index contributed by atoms with van der Waals surface area (Å²) in [5, 5.41) is 13.5. The molecule has 2 rings (SSSR count). The molecule has 0 aliphatic carbocycles. The Morgan fingerprint density at radius 1 is 1.38 bits per heavy atom. The molecule has 2 N–H and O–H groups in total. The van der Waals surface area contributed by atoms with Crippen LogP contribution in [0.15, 0.2) is 18.2 Å². The third-order valence-electron chi connectivity index (χ3n) is 3.36. The molecule has 0 radical (unpaired) electrons. The summed E-state index contributed by atoms with van der Waals surface area (Å²) in [6, 6.07) is 3.99. The fourth-order valence-corrected chi connectivity index (χ4v) is 3.73. The lowest BCUT2D eigenvalue weighted by Gasteiger charge is -2.23. The molecule has 8 nitrogen and oxygen atoms in total. The second-order valence-electron chi connectivity index (χ2n) is 4.74. The molecule has 0 amide bonds. The van der Waals surface area contributed by atoms with Crippen molar-refractivity contribution < 1.29 is 18.1 Å². The predicted octanol–water partition coefficient (Wildman–Crippen LogP) is 1.10. The van der Waals surface area contributed by atoms with Gasteiger partial charge in [-0.25, -0.2) is 8.42 Å². The highest BCUT2D eigenvalue weighted by Gasteiger charge is 2.27. The zero-order chi connectivity index (χ0) is 15.5. The van der Waals surface area contributed by atoms with Gasteiger partial charge in [0.1, 0.15) is 0 Å². The van der Waals surface area contributed by atoms with E-state index < -0.39 is 20.2 Å². The van der Waals surface area contributed by atoms with Crippen molar-refractivity contribution in [2.45, 2.75) is 18.1 Å². The van der Waals surface area contributed by atoms with Gasteiger partial charge in [0.05, 0.1) is 23.0 Å². The van der Waals surface area contributed by atoms with Gasteiger partial charge in [0, 0.05) is 6.07 Å². The molecular formula is C12H17N3O5S. The highest BCUT2D eigenvalue weighted by Crippen LogP contribution is 2.30. The number of hydrogen-bond donors (Lipinski definition) is 2. The number of sulfonamides is 1. The van der Waals surface area contributed by atoms with E-state index in [0.717, 1.165) is 6.07 Å². The molecule has 0 saturated carbocycles. The van der Waals surface area contributed by atoms with E-state index in [1.165, 1.54) is 19.2 Å². The number of piperidine rings is 1. The fourth-order valence-electron chi connectivity index (χ4n) is 2.25. The van der Waals surface area contributed by atoms with Gasteiger partial charge in [-0.05, 0) is 38.1 Å². The predicted molar refractivity (Wildman–Crippen MR) is 78.1 cm³/mol. The van der Waals surface area contributed by atoms with Crippen LogP contribution in [0.5, 0.6) is 5.75 Å². The Kier molecular flexibility index (Phi) is 4.63. The van der Waals surface area contributed by atoms with Crippen LogP contribution < -0.4 is 14.8 Å². The van der Waals surface area contributed by atoms with Crippen LogP contribution in [-0.2, 0) is 10.0 Å². The number of nitro benzene ring substituents is 1. The average Bonchev–Trinajstić information content (AvgIpc) is 2.47. The van der Waals surface area contributed by atoms with Gasteiger partial charge in [-0.1, -0.05) is 0 Å². The molecule has 21 heavy (non-hydrogen) atoms. The highest BCUT2D eigenvalue weighted by molar-refractivity contribution is 7.93. The Bertz CT molecular complexity index is 626. The summed E-state index contributed by atoms with van der Waals surface area (Å²) in [5.41, 5.74) is -0.107. The Morgan fingerprint density at radius 2 is 2.05 bits per heavy atom. The molecule has 9 heteroatoms. The summed E-state index contributed by atoms with van der Waals surface area (Å²) in [4.78, 5) is 10.3. The highest BCUT2D eigenvalue weighted by atomic mass is 32.2. The minimum absolute atomic E-state index is 0.0878. The van der Waals surface area contributed by atoms with E-state index in [2.05, 4.69) is 10.0 Å². The van der Waals surface area contributed by atoms with Crippen molar-refractivity contribution >= 4 is 21.4 Å². The molecular weight excluding hydrogens is 298 g/mol. The monoisotopic (exact) mass is 315 g/mol. The van der Waals surface area contributed by atoms with E-state index >= 15 is 0 Å². The van der Waals surface area contributed by atoms with Crippen LogP contribution in [-0.4, -0.2) is 38.8 Å². The number of hydrogen-bond acceptors (Lipinski definition) is 6. The number of nitro groups is 1. The van der Waals surface area contributed by atoms with Crippen LogP contribution >= 0.6 is 0 Å². The molecule has 1 aliphatic heterocycles. The average molecular weight is 315 g/mol. The van der Waals surface area contributed by atoms with Crippen LogP contribution in [0, 0.1) is 10.1 Å². The number of rotatable bonds is 5. The Morgan fingerprint density at radius 3 is 2.62 bits per heavy atom. The molecule has 1 aromatic rings. The van der Waals surface area contributed by atoms with Crippen molar-refractivity contribution in [3.63, 3.8) is 0 Å². The summed E-state index contributed by atoms with van der Waals surface area (Å²) in [7, 11) is -2.23. The first-order chi connectivity index (χ1) is 9.94. The lowest BCUT2D eigenvalue weighted by atomic mass is 10.2. The van der Waals surface area contributed by atoms with Gasteiger partial charge in [-0.3, -0.25) is 14.8 Å². The molecule has 0 unspecified atom stereocenters. The Hall–Kier alpha value is -1.87. The molecule has 1 heterocycles. The van der Waals surface area contributed by atoms with Crippen LogP contribution in [0.2, 0.25) is 0 Å². The summed E-state index contributed by atoms with van der Waals surface area (Å²) in [5.74, 6) is 0.0878. The Labute approximate surface area is 122 Å². The van der Waals surface area contributed by atoms with E-state index in [4.69, 9.17) is 4.74 Å². The molecule has 1 aliphatic rings. The van der Waals surface area contributed by atoms with Crippen molar-refractivity contribution in [2.24, 2.45) is 0 Å². The van der Waals surface area contributed by atoms with E-state index in [0.29, 0.717) is 25.9 Å². The van der Waals surface area contributed by atoms with Gasteiger partial charge in [-0.15, -0.1) is 0 Å². The molecule has 0 spiro atoms. The molecule has 1 aromatic carbocycles. The van der Waals surface area contributed by atoms with E-state index in [1.807, 2.05) is 0 Å². The number of nitrogens with one attached hydrogen (secondary N) is 2. The summed E-state index contributed by atoms with van der Waals surface area (Å²) in [6.45, 7) is 1.29. The third kappa shape index (κ3) is 3.61. The number of anilines is 1. The minimum atomic E-state index is -3.55. The zero-order valence-corrected chi connectivity index (χ0v) is 12.4. The maximum atomic E-state index is 12.3. The van der Waals surface area contributed by atoms with Gasteiger partial charge in [0.15, 0.2) is 5.75 Å². The summed E-state index contributed by atoms with van der Waals surface area (Å²) >= 11 is 0. The van der Waals surface area contributed by atoms with Gasteiger partial charge in [0.25, 0.3) is 0 Å². The summed E-state index contributed by atoms with van der Waals surface area (Å²) < 4.78 is 31.8. The molecule has 1 saturated heterocycles. The van der Waals surface area contributed by atoms with E-state index in [1.54, 1.807) is 0 Å². The maximum Gasteiger partial charge on any atom is 0.312 e. The second-order valence-corrected chi connectivity index (χ2v) is 6.70. The van der Waals surface area contributed by atoms with Gasteiger partial charge in [0.2, 0.25) is 10.0 Å². The largest absolute Gasteiger partial charge is 0.490 e. The first-order valence-electron chi connectivity index (χ1n) is 6.49. The molecule has 0 aromatic heterocycles. The normalized spacial score (nSPS) is 16.4. The van der Waals surface area contributed by atoms with Crippen LogP contribution in [0.4, 0.5) is 11.4 Å². The SMILES string of the molecule is COc1ccc(NS(=O)(=O)C2CCNCC2)cc1[N+](=O)[O-]. The van der Waals surface area contributed by atoms with E-state index in [-0.39, 0.29) is 17.1 Å². The molecule has 116 valence electrons. The van der Waals surface area contributed by atoms with Gasteiger partial charge < -0.3 is 10.1 Å². The lowest BCUT2D eigenvalue weighted by Crippen LogP contribution is -2.38. The van der Waals surface area contributed by atoms with Crippen molar-refractivity contribution in [3.05, 3.63) is 28.3 Å². The number of nitrogens with zero attached hydrogens (tertiary/aromatic N) is 1. The quantitative estimate of drug-likeness (QED) is 0.622. The van der Waals surface area contributed by atoms with Crippen molar-refractivity contribution in [2.75, 3.05) is 24.9 Å². The molecule has 0 atom stereocenters. The van der Waals surface area contributed by atoms with Crippen molar-refractivity contribution in [1.29, 1.82) is 0 Å². The van der Waals surface area contributed by atoms with Crippen LogP contribution in [0.1, 0.15) is 12.8 Å². The first kappa shape index (κ1) is 15.5. The number of methoxy groups -OCH3 is 1. The standard InChI is InChI=1S/C12H17N3O5S/c1-20-12-3-2-9(8-11(12)15(16)17)14-21(18,19)10-4-6-13-7-5-10/h2-3,8,10,13-14H,4-7H2,1H3. The third-order valence-corrected chi connectivity index (χ3v) is 5.23. The Balaban J connectivity index is 2.22. The zero-order valence-electron chi connectivity index (χ0n) is 11.5. The fraction of sp³-hybridized carbons (Fsp3) is 0.500.